The summed E-state index contributed by atoms with van der Waals surface area (Å²) in [5.41, 5.74) is 0. The highest BCUT2D eigenvalue weighted by molar-refractivity contribution is 5.72. The van der Waals surface area contributed by atoms with Crippen LogP contribution in [-0.4, -0.2) is 37.6 Å². The third-order valence-corrected chi connectivity index (χ3v) is 3.14. The van der Waals surface area contributed by atoms with E-state index in [0.717, 1.165) is 45.3 Å². The highest BCUT2D eigenvalue weighted by Gasteiger charge is 2.24. The highest BCUT2D eigenvalue weighted by atomic mass is 16.5. The van der Waals surface area contributed by atoms with E-state index in [1.165, 1.54) is 7.11 Å². The fraction of sp³-hybridized carbons (Fsp3) is 0.833. The molecule has 0 aromatic carbocycles. The maximum Gasteiger partial charge on any atom is 0.308 e. The third kappa shape index (κ3) is 4.19. The summed E-state index contributed by atoms with van der Waals surface area (Å²) in [5.74, 6) is 0.0319. The minimum absolute atomic E-state index is 0.0656. The van der Waals surface area contributed by atoms with Crippen LogP contribution in [0.4, 0.5) is 0 Å². The van der Waals surface area contributed by atoms with E-state index in [0.29, 0.717) is 6.42 Å². The summed E-state index contributed by atoms with van der Waals surface area (Å²) in [6, 6.07) is 2.16. The summed E-state index contributed by atoms with van der Waals surface area (Å²) in [6.45, 7) is 3.01. The third-order valence-electron chi connectivity index (χ3n) is 3.14. The molecule has 0 bridgehead atoms. The van der Waals surface area contributed by atoms with Gasteiger partial charge in [0.15, 0.2) is 0 Å². The lowest BCUT2D eigenvalue weighted by molar-refractivity contribution is -0.147. The number of hydrogen-bond acceptors (Lipinski definition) is 4. The molecule has 0 spiro atoms. The molecule has 0 saturated carbocycles. The molecule has 1 aliphatic rings. The summed E-state index contributed by atoms with van der Waals surface area (Å²) in [6.07, 6.45) is 4.53. The topological polar surface area (TPSA) is 53.3 Å². The van der Waals surface area contributed by atoms with Gasteiger partial charge in [-0.25, -0.2) is 0 Å². The standard InChI is InChI=1S/C12H20N2O2/c1-16-12(15)11-5-9-14(10-6-11)8-4-2-3-7-13/h11H,2-6,8-10H2,1H3. The molecule has 1 heterocycles. The van der Waals surface area contributed by atoms with E-state index < -0.39 is 0 Å². The first-order chi connectivity index (χ1) is 7.77. The number of carbonyl (C=O) groups excluding carboxylic acids is 1. The van der Waals surface area contributed by atoms with Crippen molar-refractivity contribution in [2.75, 3.05) is 26.7 Å². The number of carbonyl (C=O) groups is 1. The van der Waals surface area contributed by atoms with Gasteiger partial charge < -0.3 is 9.64 Å². The number of methoxy groups -OCH3 is 1. The maximum absolute atomic E-state index is 11.3. The molecule has 0 aromatic rings. The van der Waals surface area contributed by atoms with Gasteiger partial charge in [0.2, 0.25) is 0 Å². The van der Waals surface area contributed by atoms with Crippen LogP contribution in [0.2, 0.25) is 0 Å². The van der Waals surface area contributed by atoms with Gasteiger partial charge in [-0.05, 0) is 45.3 Å². The Morgan fingerprint density at radius 3 is 2.69 bits per heavy atom. The van der Waals surface area contributed by atoms with Crippen LogP contribution in [0, 0.1) is 17.2 Å². The van der Waals surface area contributed by atoms with Gasteiger partial charge in [-0.2, -0.15) is 5.26 Å². The Kier molecular flexibility index (Phi) is 5.87. The zero-order chi connectivity index (χ0) is 11.8. The number of ether oxygens (including phenoxy) is 1. The Morgan fingerprint density at radius 1 is 1.44 bits per heavy atom. The number of nitriles is 1. The van der Waals surface area contributed by atoms with Crippen molar-refractivity contribution in [3.05, 3.63) is 0 Å². The average molecular weight is 224 g/mol. The van der Waals surface area contributed by atoms with E-state index in [4.69, 9.17) is 10.00 Å². The van der Waals surface area contributed by atoms with Crippen molar-refractivity contribution in [1.82, 2.24) is 4.90 Å². The van der Waals surface area contributed by atoms with Gasteiger partial charge in [0.1, 0.15) is 0 Å². The van der Waals surface area contributed by atoms with Crippen LogP contribution in [0.1, 0.15) is 32.1 Å². The van der Waals surface area contributed by atoms with Gasteiger partial charge in [-0.3, -0.25) is 4.79 Å². The molecule has 0 aliphatic carbocycles. The number of likely N-dealkylation sites (tertiary alicyclic amines) is 1. The first kappa shape index (κ1) is 13.0. The van der Waals surface area contributed by atoms with Crippen molar-refractivity contribution in [2.24, 2.45) is 5.92 Å². The summed E-state index contributed by atoms with van der Waals surface area (Å²) < 4.78 is 4.74. The van der Waals surface area contributed by atoms with Crippen molar-refractivity contribution in [3.63, 3.8) is 0 Å². The molecule has 16 heavy (non-hydrogen) atoms. The van der Waals surface area contributed by atoms with Crippen molar-refractivity contribution >= 4 is 5.97 Å². The number of unbranched alkanes of at least 4 members (excludes halogenated alkanes) is 2. The van der Waals surface area contributed by atoms with E-state index in [9.17, 15) is 4.79 Å². The van der Waals surface area contributed by atoms with Crippen LogP contribution in [0.25, 0.3) is 0 Å². The van der Waals surface area contributed by atoms with E-state index in [-0.39, 0.29) is 11.9 Å². The van der Waals surface area contributed by atoms with Gasteiger partial charge >= 0.3 is 5.97 Å². The molecular weight excluding hydrogens is 204 g/mol. The number of rotatable bonds is 5. The normalized spacial score (nSPS) is 18.0. The minimum atomic E-state index is -0.0656. The molecular formula is C12H20N2O2. The lowest BCUT2D eigenvalue weighted by atomic mass is 9.97. The number of hydrogen-bond donors (Lipinski definition) is 0. The summed E-state index contributed by atoms with van der Waals surface area (Å²) in [7, 11) is 1.45. The molecule has 0 amide bonds. The second kappa shape index (κ2) is 7.24. The number of nitrogens with zero attached hydrogens (tertiary/aromatic N) is 2. The Bertz CT molecular complexity index is 252. The molecule has 1 saturated heterocycles. The van der Waals surface area contributed by atoms with Crippen LogP contribution in [0.3, 0.4) is 0 Å². The van der Waals surface area contributed by atoms with Crippen LogP contribution < -0.4 is 0 Å². The second-order valence-electron chi connectivity index (χ2n) is 4.25. The van der Waals surface area contributed by atoms with E-state index in [1.807, 2.05) is 0 Å². The van der Waals surface area contributed by atoms with Crippen LogP contribution in [0.15, 0.2) is 0 Å². The first-order valence-electron chi connectivity index (χ1n) is 5.95. The van der Waals surface area contributed by atoms with E-state index in [1.54, 1.807) is 0 Å². The fourth-order valence-corrected chi connectivity index (χ4v) is 2.10. The monoisotopic (exact) mass is 224 g/mol. The van der Waals surface area contributed by atoms with Crippen molar-refractivity contribution in [1.29, 1.82) is 5.26 Å². The average Bonchev–Trinajstić information content (AvgIpc) is 2.34. The molecule has 1 rings (SSSR count). The Labute approximate surface area is 97.2 Å². The molecule has 0 radical (unpaired) electrons. The highest BCUT2D eigenvalue weighted by Crippen LogP contribution is 2.18. The predicted molar refractivity (Wildman–Crippen MR) is 60.6 cm³/mol. The van der Waals surface area contributed by atoms with Crippen molar-refractivity contribution < 1.29 is 9.53 Å². The molecule has 4 nitrogen and oxygen atoms in total. The maximum atomic E-state index is 11.3. The quantitative estimate of drug-likeness (QED) is 0.525. The SMILES string of the molecule is COC(=O)C1CCN(CCCCC#N)CC1. The Balaban J connectivity index is 2.12. The van der Waals surface area contributed by atoms with Gasteiger partial charge in [0.05, 0.1) is 19.1 Å². The molecule has 0 unspecified atom stereocenters. The van der Waals surface area contributed by atoms with Crippen molar-refractivity contribution in [2.45, 2.75) is 32.1 Å². The van der Waals surface area contributed by atoms with E-state index >= 15 is 0 Å². The molecule has 4 heteroatoms. The Morgan fingerprint density at radius 2 is 2.12 bits per heavy atom. The van der Waals surface area contributed by atoms with Gasteiger partial charge in [0, 0.05) is 6.42 Å². The zero-order valence-corrected chi connectivity index (χ0v) is 9.95. The van der Waals surface area contributed by atoms with Crippen molar-refractivity contribution in [3.8, 4) is 6.07 Å². The number of esters is 1. The minimum Gasteiger partial charge on any atom is -0.469 e. The number of piperidine rings is 1. The lowest BCUT2D eigenvalue weighted by Crippen LogP contribution is -2.37. The van der Waals surface area contributed by atoms with Gasteiger partial charge in [-0.1, -0.05) is 0 Å². The van der Waals surface area contributed by atoms with Gasteiger partial charge in [0.25, 0.3) is 0 Å². The summed E-state index contributed by atoms with van der Waals surface area (Å²) in [4.78, 5) is 13.7. The molecule has 0 N–H and O–H groups in total. The summed E-state index contributed by atoms with van der Waals surface area (Å²) in [5, 5.41) is 8.41. The summed E-state index contributed by atoms with van der Waals surface area (Å²) >= 11 is 0. The molecule has 0 atom stereocenters. The lowest BCUT2D eigenvalue weighted by Gasteiger charge is -2.30. The van der Waals surface area contributed by atoms with E-state index in [2.05, 4.69) is 11.0 Å². The molecule has 1 aliphatic heterocycles. The molecule has 1 fully saturated rings. The molecule has 90 valence electrons. The first-order valence-corrected chi connectivity index (χ1v) is 5.95. The van der Waals surface area contributed by atoms with Crippen LogP contribution >= 0.6 is 0 Å². The predicted octanol–water partition coefficient (Wildman–Crippen LogP) is 1.57. The smallest absolute Gasteiger partial charge is 0.308 e. The van der Waals surface area contributed by atoms with Gasteiger partial charge in [-0.15, -0.1) is 0 Å². The van der Waals surface area contributed by atoms with Crippen LogP contribution in [-0.2, 0) is 9.53 Å². The zero-order valence-electron chi connectivity index (χ0n) is 9.95. The van der Waals surface area contributed by atoms with Crippen LogP contribution in [0.5, 0.6) is 0 Å². The largest absolute Gasteiger partial charge is 0.469 e. The molecule has 0 aromatic heterocycles. The Hall–Kier alpha value is -1.08. The fourth-order valence-electron chi connectivity index (χ4n) is 2.10. The second-order valence-corrected chi connectivity index (χ2v) is 4.25.